The molecule has 11 heavy (non-hydrogen) atoms. The zero-order valence-electron chi connectivity index (χ0n) is 7.56. The standard InChI is InChI=1S/C9H18N2/c1-8(2)11-4-3-9(7-11)5-10-6-9/h8,10H,3-7H2,1-2H3. The van der Waals surface area contributed by atoms with Crippen molar-refractivity contribution in [2.24, 2.45) is 5.41 Å². The summed E-state index contributed by atoms with van der Waals surface area (Å²) < 4.78 is 0. The van der Waals surface area contributed by atoms with Crippen molar-refractivity contribution in [2.45, 2.75) is 26.3 Å². The predicted octanol–water partition coefficient (Wildman–Crippen LogP) is 0.690. The van der Waals surface area contributed by atoms with Crippen molar-refractivity contribution in [3.05, 3.63) is 0 Å². The molecule has 1 N–H and O–H groups in total. The Balaban J connectivity index is 1.93. The molecule has 2 heterocycles. The molecule has 0 radical (unpaired) electrons. The molecule has 0 unspecified atom stereocenters. The summed E-state index contributed by atoms with van der Waals surface area (Å²) in [5, 5.41) is 3.38. The topological polar surface area (TPSA) is 15.3 Å². The molecule has 0 saturated carbocycles. The van der Waals surface area contributed by atoms with Gasteiger partial charge in [0, 0.05) is 31.1 Å². The van der Waals surface area contributed by atoms with Crippen molar-refractivity contribution >= 4 is 0 Å². The molecule has 2 nitrogen and oxygen atoms in total. The molecule has 0 aromatic rings. The van der Waals surface area contributed by atoms with E-state index < -0.39 is 0 Å². The highest BCUT2D eigenvalue weighted by molar-refractivity contribution is 4.99. The van der Waals surface area contributed by atoms with Gasteiger partial charge in [0.15, 0.2) is 0 Å². The summed E-state index contributed by atoms with van der Waals surface area (Å²) in [4.78, 5) is 2.60. The van der Waals surface area contributed by atoms with Gasteiger partial charge < -0.3 is 10.2 Å². The lowest BCUT2D eigenvalue weighted by molar-refractivity contribution is 0.157. The summed E-state index contributed by atoms with van der Waals surface area (Å²) >= 11 is 0. The third-order valence-electron chi connectivity index (χ3n) is 3.20. The highest BCUT2D eigenvalue weighted by atomic mass is 15.2. The molecular formula is C9H18N2. The lowest BCUT2D eigenvalue weighted by Gasteiger charge is -2.39. The van der Waals surface area contributed by atoms with Gasteiger partial charge in [0.25, 0.3) is 0 Å². The summed E-state index contributed by atoms with van der Waals surface area (Å²) in [6, 6.07) is 0.745. The second-order valence-corrected chi connectivity index (χ2v) is 4.42. The number of hydrogen-bond acceptors (Lipinski definition) is 2. The van der Waals surface area contributed by atoms with Gasteiger partial charge in [-0.25, -0.2) is 0 Å². The van der Waals surface area contributed by atoms with Crippen LogP contribution in [-0.4, -0.2) is 37.1 Å². The Morgan fingerprint density at radius 3 is 2.36 bits per heavy atom. The molecule has 0 aromatic heterocycles. The molecule has 2 rings (SSSR count). The summed E-state index contributed by atoms with van der Waals surface area (Å²) in [6.07, 6.45) is 1.41. The van der Waals surface area contributed by atoms with E-state index >= 15 is 0 Å². The zero-order valence-corrected chi connectivity index (χ0v) is 7.56. The van der Waals surface area contributed by atoms with E-state index in [0.717, 1.165) is 6.04 Å². The first-order chi connectivity index (χ1) is 5.22. The molecular weight excluding hydrogens is 136 g/mol. The molecule has 0 aromatic carbocycles. The first-order valence-corrected chi connectivity index (χ1v) is 4.67. The predicted molar refractivity (Wildman–Crippen MR) is 46.6 cm³/mol. The average molecular weight is 154 g/mol. The van der Waals surface area contributed by atoms with Crippen LogP contribution in [0.3, 0.4) is 0 Å². The number of likely N-dealkylation sites (tertiary alicyclic amines) is 1. The third kappa shape index (κ3) is 1.18. The Bertz CT molecular complexity index is 150. The maximum atomic E-state index is 3.38. The molecule has 0 amide bonds. The van der Waals surface area contributed by atoms with Gasteiger partial charge in [0.2, 0.25) is 0 Å². The van der Waals surface area contributed by atoms with Gasteiger partial charge in [0.1, 0.15) is 0 Å². The third-order valence-corrected chi connectivity index (χ3v) is 3.20. The maximum absolute atomic E-state index is 3.38. The Kier molecular flexibility index (Phi) is 1.69. The van der Waals surface area contributed by atoms with Crippen LogP contribution in [0, 0.1) is 5.41 Å². The Hall–Kier alpha value is -0.0800. The second-order valence-electron chi connectivity index (χ2n) is 4.42. The van der Waals surface area contributed by atoms with Gasteiger partial charge >= 0.3 is 0 Å². The lowest BCUT2D eigenvalue weighted by Crippen LogP contribution is -2.55. The lowest BCUT2D eigenvalue weighted by atomic mass is 9.81. The molecule has 0 aliphatic carbocycles. The average Bonchev–Trinajstić information content (AvgIpc) is 2.28. The fraction of sp³-hybridized carbons (Fsp3) is 1.00. The SMILES string of the molecule is CC(C)N1CCC2(CNC2)C1. The quantitative estimate of drug-likeness (QED) is 0.598. The first-order valence-electron chi connectivity index (χ1n) is 4.67. The van der Waals surface area contributed by atoms with Crippen LogP contribution in [-0.2, 0) is 0 Å². The van der Waals surface area contributed by atoms with Gasteiger partial charge in [-0.15, -0.1) is 0 Å². The summed E-state index contributed by atoms with van der Waals surface area (Å²) in [5.41, 5.74) is 0.685. The highest BCUT2D eigenvalue weighted by Crippen LogP contribution is 2.34. The Morgan fingerprint density at radius 2 is 2.09 bits per heavy atom. The molecule has 2 aliphatic heterocycles. The summed E-state index contributed by atoms with van der Waals surface area (Å²) in [5.74, 6) is 0. The van der Waals surface area contributed by atoms with Crippen molar-refractivity contribution in [2.75, 3.05) is 26.2 Å². The van der Waals surface area contributed by atoms with Gasteiger partial charge in [-0.2, -0.15) is 0 Å². The van der Waals surface area contributed by atoms with Crippen molar-refractivity contribution in [1.82, 2.24) is 10.2 Å². The number of nitrogens with one attached hydrogen (secondary N) is 1. The summed E-state index contributed by atoms with van der Waals surface area (Å²) in [6.45, 7) is 9.76. The van der Waals surface area contributed by atoms with E-state index in [1.807, 2.05) is 0 Å². The normalized spacial score (nSPS) is 29.7. The monoisotopic (exact) mass is 154 g/mol. The molecule has 0 bridgehead atoms. The van der Waals surface area contributed by atoms with E-state index in [4.69, 9.17) is 0 Å². The largest absolute Gasteiger partial charge is 0.315 e. The minimum absolute atomic E-state index is 0.685. The number of hydrogen-bond donors (Lipinski definition) is 1. The van der Waals surface area contributed by atoms with Crippen molar-refractivity contribution in [3.8, 4) is 0 Å². The van der Waals surface area contributed by atoms with Gasteiger partial charge in [-0.05, 0) is 26.8 Å². The first kappa shape index (κ1) is 7.56. The van der Waals surface area contributed by atoms with Crippen LogP contribution in [0.1, 0.15) is 20.3 Å². The minimum atomic E-state index is 0.685. The molecule has 2 saturated heterocycles. The van der Waals surface area contributed by atoms with E-state index in [-0.39, 0.29) is 0 Å². The second kappa shape index (κ2) is 2.46. The number of rotatable bonds is 1. The van der Waals surface area contributed by atoms with Crippen LogP contribution < -0.4 is 5.32 Å². The molecule has 0 atom stereocenters. The van der Waals surface area contributed by atoms with Crippen LogP contribution in [0.25, 0.3) is 0 Å². The molecule has 2 aliphatic rings. The summed E-state index contributed by atoms with van der Waals surface area (Å²) in [7, 11) is 0. The van der Waals surface area contributed by atoms with Gasteiger partial charge in [0.05, 0.1) is 0 Å². The van der Waals surface area contributed by atoms with Crippen molar-refractivity contribution < 1.29 is 0 Å². The van der Waals surface area contributed by atoms with Gasteiger partial charge in [-0.1, -0.05) is 0 Å². The molecule has 2 fully saturated rings. The van der Waals surface area contributed by atoms with Crippen LogP contribution in [0.15, 0.2) is 0 Å². The van der Waals surface area contributed by atoms with Crippen molar-refractivity contribution in [3.63, 3.8) is 0 Å². The van der Waals surface area contributed by atoms with E-state index in [1.54, 1.807) is 0 Å². The van der Waals surface area contributed by atoms with Crippen LogP contribution in [0.5, 0.6) is 0 Å². The van der Waals surface area contributed by atoms with E-state index in [2.05, 4.69) is 24.1 Å². The van der Waals surface area contributed by atoms with Gasteiger partial charge in [-0.3, -0.25) is 0 Å². The maximum Gasteiger partial charge on any atom is 0.00920 e. The smallest absolute Gasteiger partial charge is 0.00920 e. The Morgan fingerprint density at radius 1 is 1.36 bits per heavy atom. The minimum Gasteiger partial charge on any atom is -0.315 e. The van der Waals surface area contributed by atoms with Crippen LogP contribution >= 0.6 is 0 Å². The fourth-order valence-electron chi connectivity index (χ4n) is 2.18. The zero-order chi connectivity index (χ0) is 7.90. The fourth-order valence-corrected chi connectivity index (χ4v) is 2.18. The van der Waals surface area contributed by atoms with E-state index in [1.165, 1.54) is 32.6 Å². The van der Waals surface area contributed by atoms with Crippen LogP contribution in [0.4, 0.5) is 0 Å². The highest BCUT2D eigenvalue weighted by Gasteiger charge is 2.43. The molecule has 2 heteroatoms. The number of nitrogens with zero attached hydrogens (tertiary/aromatic N) is 1. The molecule has 64 valence electrons. The van der Waals surface area contributed by atoms with E-state index in [0.29, 0.717) is 5.41 Å². The van der Waals surface area contributed by atoms with E-state index in [9.17, 15) is 0 Å². The molecule has 1 spiro atoms. The van der Waals surface area contributed by atoms with Crippen LogP contribution in [0.2, 0.25) is 0 Å². The Labute approximate surface area is 69.0 Å². The van der Waals surface area contributed by atoms with Crippen molar-refractivity contribution in [1.29, 1.82) is 0 Å².